The van der Waals surface area contributed by atoms with Crippen LogP contribution in [0.15, 0.2) is 24.3 Å². The summed E-state index contributed by atoms with van der Waals surface area (Å²) < 4.78 is 0. The van der Waals surface area contributed by atoms with Crippen molar-refractivity contribution in [2.45, 2.75) is 44.9 Å². The highest BCUT2D eigenvalue weighted by molar-refractivity contribution is 7.15. The van der Waals surface area contributed by atoms with Gasteiger partial charge < -0.3 is 0 Å². The fourth-order valence-corrected chi connectivity index (χ4v) is 3.66. The lowest BCUT2D eigenvalue weighted by Crippen LogP contribution is -2.11. The maximum absolute atomic E-state index is 12.2. The highest BCUT2D eigenvalue weighted by Gasteiger charge is 2.20. The smallest absolute Gasteiger partial charge is 0.257 e. The predicted octanol–water partition coefficient (Wildman–Crippen LogP) is 4.15. The lowest BCUT2D eigenvalue weighted by Gasteiger charge is -2.18. The fraction of sp³-hybridized carbons (Fsp3) is 0.438. The Kier molecular flexibility index (Phi) is 4.29. The summed E-state index contributed by atoms with van der Waals surface area (Å²) in [5.41, 5.74) is 1.73. The van der Waals surface area contributed by atoms with Gasteiger partial charge in [-0.3, -0.25) is 10.1 Å². The zero-order chi connectivity index (χ0) is 14.7. The van der Waals surface area contributed by atoms with E-state index in [2.05, 4.69) is 15.5 Å². The zero-order valence-corrected chi connectivity index (χ0v) is 12.9. The molecule has 3 rings (SSSR count). The van der Waals surface area contributed by atoms with Gasteiger partial charge in [-0.05, 0) is 31.9 Å². The SMILES string of the molecule is Cc1cccc(C(=O)Nc2nnc(C3CCCCC3)s2)c1. The Morgan fingerprint density at radius 3 is 2.81 bits per heavy atom. The van der Waals surface area contributed by atoms with Gasteiger partial charge in [0.2, 0.25) is 5.13 Å². The Morgan fingerprint density at radius 1 is 1.24 bits per heavy atom. The Bertz CT molecular complexity index is 632. The van der Waals surface area contributed by atoms with Crippen LogP contribution in [-0.2, 0) is 0 Å². The average Bonchev–Trinajstić information content (AvgIpc) is 2.97. The molecule has 1 saturated carbocycles. The molecule has 2 aromatic rings. The van der Waals surface area contributed by atoms with Crippen LogP contribution < -0.4 is 5.32 Å². The van der Waals surface area contributed by atoms with Crippen LogP contribution in [0.1, 0.15) is 59.0 Å². The van der Waals surface area contributed by atoms with E-state index in [9.17, 15) is 4.79 Å². The molecular weight excluding hydrogens is 282 g/mol. The summed E-state index contributed by atoms with van der Waals surface area (Å²) in [4.78, 5) is 12.2. The molecule has 1 aliphatic carbocycles. The Balaban J connectivity index is 1.68. The number of carbonyl (C=O) groups is 1. The normalized spacial score (nSPS) is 15.9. The first-order chi connectivity index (χ1) is 10.2. The van der Waals surface area contributed by atoms with Crippen molar-refractivity contribution in [1.82, 2.24) is 10.2 Å². The van der Waals surface area contributed by atoms with Crippen LogP contribution in [0.3, 0.4) is 0 Å². The van der Waals surface area contributed by atoms with Crippen molar-refractivity contribution in [3.63, 3.8) is 0 Å². The summed E-state index contributed by atoms with van der Waals surface area (Å²) in [6.45, 7) is 1.98. The van der Waals surface area contributed by atoms with Crippen molar-refractivity contribution >= 4 is 22.4 Å². The van der Waals surface area contributed by atoms with Gasteiger partial charge in [0, 0.05) is 11.5 Å². The largest absolute Gasteiger partial charge is 0.296 e. The van der Waals surface area contributed by atoms with Crippen molar-refractivity contribution in [3.05, 3.63) is 40.4 Å². The Morgan fingerprint density at radius 2 is 2.05 bits per heavy atom. The number of nitrogens with zero attached hydrogens (tertiary/aromatic N) is 2. The van der Waals surface area contributed by atoms with Gasteiger partial charge in [-0.1, -0.05) is 48.3 Å². The topological polar surface area (TPSA) is 54.9 Å². The van der Waals surface area contributed by atoms with Crippen LogP contribution in [-0.4, -0.2) is 16.1 Å². The maximum Gasteiger partial charge on any atom is 0.257 e. The third kappa shape index (κ3) is 3.47. The molecule has 1 heterocycles. The number of hydrogen-bond acceptors (Lipinski definition) is 4. The van der Waals surface area contributed by atoms with E-state index in [4.69, 9.17) is 0 Å². The predicted molar refractivity (Wildman–Crippen MR) is 84.9 cm³/mol. The van der Waals surface area contributed by atoms with Crippen LogP contribution in [0.4, 0.5) is 5.13 Å². The number of amides is 1. The molecule has 21 heavy (non-hydrogen) atoms. The van der Waals surface area contributed by atoms with Gasteiger partial charge in [-0.2, -0.15) is 0 Å². The third-order valence-electron chi connectivity index (χ3n) is 3.90. The highest BCUT2D eigenvalue weighted by Crippen LogP contribution is 2.35. The quantitative estimate of drug-likeness (QED) is 0.926. The summed E-state index contributed by atoms with van der Waals surface area (Å²) in [5, 5.41) is 12.9. The third-order valence-corrected chi connectivity index (χ3v) is 4.90. The van der Waals surface area contributed by atoms with E-state index in [0.717, 1.165) is 10.6 Å². The number of rotatable bonds is 3. The van der Waals surface area contributed by atoms with E-state index in [1.165, 1.54) is 43.4 Å². The van der Waals surface area contributed by atoms with Crippen molar-refractivity contribution in [1.29, 1.82) is 0 Å². The highest BCUT2D eigenvalue weighted by atomic mass is 32.1. The standard InChI is InChI=1S/C16H19N3OS/c1-11-6-5-9-13(10-11)14(20)17-16-19-18-15(21-16)12-7-3-2-4-8-12/h5-6,9-10,12H,2-4,7-8H2,1H3,(H,17,19,20). The van der Waals surface area contributed by atoms with Gasteiger partial charge >= 0.3 is 0 Å². The van der Waals surface area contributed by atoms with Gasteiger partial charge in [-0.15, -0.1) is 10.2 Å². The summed E-state index contributed by atoms with van der Waals surface area (Å²) in [7, 11) is 0. The summed E-state index contributed by atoms with van der Waals surface area (Å²) in [5.74, 6) is 0.408. The molecule has 0 radical (unpaired) electrons. The zero-order valence-electron chi connectivity index (χ0n) is 12.1. The second-order valence-corrected chi connectivity index (χ2v) is 6.61. The molecule has 0 unspecified atom stereocenters. The van der Waals surface area contributed by atoms with Crippen molar-refractivity contribution in [2.24, 2.45) is 0 Å². The molecular formula is C16H19N3OS. The molecule has 1 aromatic carbocycles. The molecule has 0 saturated heterocycles. The molecule has 1 fully saturated rings. The van der Waals surface area contributed by atoms with E-state index in [1.54, 1.807) is 0 Å². The second kappa shape index (κ2) is 6.35. The van der Waals surface area contributed by atoms with Crippen LogP contribution in [0.25, 0.3) is 0 Å². The van der Waals surface area contributed by atoms with Crippen molar-refractivity contribution in [2.75, 3.05) is 5.32 Å². The molecule has 0 spiro atoms. The minimum absolute atomic E-state index is 0.120. The maximum atomic E-state index is 12.2. The lowest BCUT2D eigenvalue weighted by molar-refractivity contribution is 0.102. The molecule has 110 valence electrons. The van der Waals surface area contributed by atoms with Crippen LogP contribution >= 0.6 is 11.3 Å². The van der Waals surface area contributed by atoms with Gasteiger partial charge in [0.05, 0.1) is 0 Å². The molecule has 0 bridgehead atoms. The number of nitrogens with one attached hydrogen (secondary N) is 1. The lowest BCUT2D eigenvalue weighted by atomic mass is 9.90. The van der Waals surface area contributed by atoms with E-state index in [-0.39, 0.29) is 5.91 Å². The minimum Gasteiger partial charge on any atom is -0.296 e. The van der Waals surface area contributed by atoms with E-state index < -0.39 is 0 Å². The first-order valence-electron chi connectivity index (χ1n) is 7.44. The van der Waals surface area contributed by atoms with Gasteiger partial charge in [0.25, 0.3) is 5.91 Å². The van der Waals surface area contributed by atoms with Gasteiger partial charge in [-0.25, -0.2) is 0 Å². The summed E-state index contributed by atoms with van der Waals surface area (Å²) in [6.07, 6.45) is 6.26. The number of benzene rings is 1. The first-order valence-corrected chi connectivity index (χ1v) is 8.25. The Hall–Kier alpha value is -1.75. The molecule has 1 aliphatic rings. The summed E-state index contributed by atoms with van der Waals surface area (Å²) >= 11 is 1.51. The molecule has 0 atom stereocenters. The molecule has 1 amide bonds. The van der Waals surface area contributed by atoms with Crippen LogP contribution in [0.2, 0.25) is 0 Å². The number of aromatic nitrogens is 2. The van der Waals surface area contributed by atoms with Crippen LogP contribution in [0.5, 0.6) is 0 Å². The molecule has 4 nitrogen and oxygen atoms in total. The summed E-state index contributed by atoms with van der Waals surface area (Å²) in [6, 6.07) is 7.55. The van der Waals surface area contributed by atoms with Crippen LogP contribution in [0, 0.1) is 6.92 Å². The number of aryl methyl sites for hydroxylation is 1. The van der Waals surface area contributed by atoms with Gasteiger partial charge in [0.15, 0.2) is 0 Å². The average molecular weight is 301 g/mol. The van der Waals surface area contributed by atoms with Crippen molar-refractivity contribution < 1.29 is 4.79 Å². The minimum atomic E-state index is -0.120. The molecule has 1 N–H and O–H groups in total. The van der Waals surface area contributed by atoms with Crippen molar-refractivity contribution in [3.8, 4) is 0 Å². The van der Waals surface area contributed by atoms with E-state index in [0.29, 0.717) is 16.6 Å². The van der Waals surface area contributed by atoms with Gasteiger partial charge in [0.1, 0.15) is 5.01 Å². The fourth-order valence-electron chi connectivity index (χ4n) is 2.76. The number of hydrogen-bond donors (Lipinski definition) is 1. The van der Waals surface area contributed by atoms with E-state index in [1.807, 2.05) is 31.2 Å². The number of carbonyl (C=O) groups excluding carboxylic acids is 1. The molecule has 1 aromatic heterocycles. The second-order valence-electron chi connectivity index (χ2n) is 5.60. The Labute approximate surface area is 128 Å². The molecule has 0 aliphatic heterocycles. The monoisotopic (exact) mass is 301 g/mol. The van der Waals surface area contributed by atoms with E-state index >= 15 is 0 Å². The number of anilines is 1. The molecule has 5 heteroatoms. The first kappa shape index (κ1) is 14.2.